The number of hydrogen-bond acceptors (Lipinski definition) is 2. The fourth-order valence-corrected chi connectivity index (χ4v) is 3.20. The number of aliphatic hydroxyl groups is 1. The average Bonchev–Trinajstić information content (AvgIpc) is 2.96. The van der Waals surface area contributed by atoms with Crippen molar-refractivity contribution in [1.82, 2.24) is 10.3 Å². The first-order chi connectivity index (χ1) is 9.25. The van der Waals surface area contributed by atoms with Crippen LogP contribution in [-0.2, 0) is 6.54 Å². The first-order valence-corrected chi connectivity index (χ1v) is 7.27. The molecule has 0 amide bonds. The largest absolute Gasteiger partial charge is 0.393 e. The van der Waals surface area contributed by atoms with Crippen molar-refractivity contribution in [3.05, 3.63) is 35.0 Å². The summed E-state index contributed by atoms with van der Waals surface area (Å²) >= 11 is 6.36. The number of aromatic amines is 1. The molecule has 3 nitrogen and oxygen atoms in total. The predicted molar refractivity (Wildman–Crippen MR) is 78.4 cm³/mol. The minimum atomic E-state index is -0.134. The molecule has 0 bridgehead atoms. The second-order valence-electron chi connectivity index (χ2n) is 5.35. The minimum absolute atomic E-state index is 0.134. The minimum Gasteiger partial charge on any atom is -0.393 e. The van der Waals surface area contributed by atoms with E-state index >= 15 is 0 Å². The van der Waals surface area contributed by atoms with E-state index in [0.29, 0.717) is 5.92 Å². The highest BCUT2D eigenvalue weighted by Crippen LogP contribution is 2.28. The van der Waals surface area contributed by atoms with E-state index in [4.69, 9.17) is 11.6 Å². The summed E-state index contributed by atoms with van der Waals surface area (Å²) in [6, 6.07) is 8.05. The Morgan fingerprint density at radius 2 is 2.16 bits per heavy atom. The van der Waals surface area contributed by atoms with Crippen LogP contribution >= 0.6 is 11.6 Å². The molecule has 2 unspecified atom stereocenters. The molecule has 0 spiro atoms. The van der Waals surface area contributed by atoms with E-state index in [1.807, 2.05) is 24.3 Å². The van der Waals surface area contributed by atoms with Crippen molar-refractivity contribution in [1.29, 1.82) is 0 Å². The highest BCUT2D eigenvalue weighted by Gasteiger charge is 2.24. The molecule has 2 aromatic rings. The van der Waals surface area contributed by atoms with Crippen molar-refractivity contribution in [2.24, 2.45) is 5.92 Å². The third-order valence-electron chi connectivity index (χ3n) is 4.04. The monoisotopic (exact) mass is 278 g/mol. The van der Waals surface area contributed by atoms with E-state index in [0.717, 1.165) is 54.0 Å². The maximum atomic E-state index is 9.78. The van der Waals surface area contributed by atoms with Crippen LogP contribution in [0.3, 0.4) is 0 Å². The van der Waals surface area contributed by atoms with Crippen molar-refractivity contribution >= 4 is 22.5 Å². The van der Waals surface area contributed by atoms with Gasteiger partial charge in [-0.2, -0.15) is 0 Å². The Morgan fingerprint density at radius 1 is 1.32 bits per heavy atom. The zero-order valence-corrected chi connectivity index (χ0v) is 11.6. The third kappa shape index (κ3) is 2.64. The van der Waals surface area contributed by atoms with E-state index in [2.05, 4.69) is 10.3 Å². The maximum absolute atomic E-state index is 9.78. The van der Waals surface area contributed by atoms with Gasteiger partial charge in [-0.25, -0.2) is 0 Å². The van der Waals surface area contributed by atoms with Gasteiger partial charge in [-0.1, -0.05) is 36.2 Å². The predicted octanol–water partition coefficient (Wildman–Crippen LogP) is 3.07. The smallest absolute Gasteiger partial charge is 0.0705 e. The Bertz CT molecular complexity index is 566. The van der Waals surface area contributed by atoms with Gasteiger partial charge in [0.05, 0.1) is 11.1 Å². The van der Waals surface area contributed by atoms with Crippen LogP contribution in [-0.4, -0.2) is 22.7 Å². The van der Waals surface area contributed by atoms with Crippen molar-refractivity contribution in [3.8, 4) is 0 Å². The number of benzene rings is 1. The molecular formula is C15H19ClN2O. The SMILES string of the molecule is OC1CCCC1CNCc1[nH]c2ccccc2c1Cl. The van der Waals surface area contributed by atoms with E-state index in [9.17, 15) is 5.11 Å². The first kappa shape index (κ1) is 13.0. The molecule has 1 aromatic carbocycles. The van der Waals surface area contributed by atoms with E-state index in [-0.39, 0.29) is 6.10 Å². The molecule has 3 N–H and O–H groups in total. The van der Waals surface area contributed by atoms with Crippen LogP contribution in [0.25, 0.3) is 10.9 Å². The number of H-pyrrole nitrogens is 1. The van der Waals surface area contributed by atoms with Crippen LogP contribution in [0, 0.1) is 5.92 Å². The van der Waals surface area contributed by atoms with E-state index < -0.39 is 0 Å². The number of aromatic nitrogens is 1. The first-order valence-electron chi connectivity index (χ1n) is 6.89. The zero-order chi connectivity index (χ0) is 13.2. The standard InChI is InChI=1S/C15H19ClN2O/c16-15-11-5-1-2-6-12(11)18-13(15)9-17-8-10-4-3-7-14(10)19/h1-2,5-6,10,14,17-19H,3-4,7-9H2. The Labute approximate surface area is 118 Å². The number of hydrogen-bond donors (Lipinski definition) is 3. The molecule has 2 atom stereocenters. The Balaban J connectivity index is 1.63. The summed E-state index contributed by atoms with van der Waals surface area (Å²) in [7, 11) is 0. The van der Waals surface area contributed by atoms with Gasteiger partial charge in [0.2, 0.25) is 0 Å². The molecule has 1 aliphatic carbocycles. The fraction of sp³-hybridized carbons (Fsp3) is 0.467. The Morgan fingerprint density at radius 3 is 2.89 bits per heavy atom. The molecule has 102 valence electrons. The number of para-hydroxylation sites is 1. The molecule has 3 rings (SSSR count). The van der Waals surface area contributed by atoms with Gasteiger partial charge < -0.3 is 15.4 Å². The van der Waals surface area contributed by atoms with Gasteiger partial charge in [-0.05, 0) is 24.8 Å². The van der Waals surface area contributed by atoms with Gasteiger partial charge >= 0.3 is 0 Å². The molecular weight excluding hydrogens is 260 g/mol. The summed E-state index contributed by atoms with van der Waals surface area (Å²) in [5.41, 5.74) is 2.10. The quantitative estimate of drug-likeness (QED) is 0.805. The van der Waals surface area contributed by atoms with Crippen molar-refractivity contribution in [2.75, 3.05) is 6.54 Å². The maximum Gasteiger partial charge on any atom is 0.0705 e. The number of fused-ring (bicyclic) bond motifs is 1. The summed E-state index contributed by atoms with van der Waals surface area (Å²) in [6.45, 7) is 1.57. The lowest BCUT2D eigenvalue weighted by molar-refractivity contribution is 0.131. The van der Waals surface area contributed by atoms with Crippen LogP contribution < -0.4 is 5.32 Å². The summed E-state index contributed by atoms with van der Waals surface area (Å²) in [4.78, 5) is 3.34. The lowest BCUT2D eigenvalue weighted by Gasteiger charge is -2.14. The highest BCUT2D eigenvalue weighted by molar-refractivity contribution is 6.36. The molecule has 4 heteroatoms. The van der Waals surface area contributed by atoms with Gasteiger partial charge in [0.1, 0.15) is 0 Å². The summed E-state index contributed by atoms with van der Waals surface area (Å²) in [5, 5.41) is 15.1. The molecule has 1 saturated carbocycles. The number of aliphatic hydroxyl groups excluding tert-OH is 1. The van der Waals surface area contributed by atoms with E-state index in [1.54, 1.807) is 0 Å². The van der Waals surface area contributed by atoms with Gasteiger partial charge in [-0.15, -0.1) is 0 Å². The zero-order valence-electron chi connectivity index (χ0n) is 10.8. The second-order valence-corrected chi connectivity index (χ2v) is 5.73. The van der Waals surface area contributed by atoms with Gasteiger partial charge in [0.15, 0.2) is 0 Å². The molecule has 0 saturated heterocycles. The van der Waals surface area contributed by atoms with Gasteiger partial charge in [-0.3, -0.25) is 0 Å². The normalized spacial score (nSPS) is 23.3. The Hall–Kier alpha value is -1.03. The molecule has 1 heterocycles. The summed E-state index contributed by atoms with van der Waals surface area (Å²) < 4.78 is 0. The van der Waals surface area contributed by atoms with Crippen molar-refractivity contribution < 1.29 is 5.11 Å². The average molecular weight is 279 g/mol. The molecule has 0 aliphatic heterocycles. The number of nitrogens with one attached hydrogen (secondary N) is 2. The van der Waals surface area contributed by atoms with Crippen LogP contribution in [0.5, 0.6) is 0 Å². The summed E-state index contributed by atoms with van der Waals surface area (Å²) in [6.07, 6.45) is 3.07. The van der Waals surface area contributed by atoms with Gasteiger partial charge in [0.25, 0.3) is 0 Å². The molecule has 19 heavy (non-hydrogen) atoms. The van der Waals surface area contributed by atoms with Crippen LogP contribution in [0.1, 0.15) is 25.0 Å². The molecule has 0 radical (unpaired) electrons. The molecule has 1 aliphatic rings. The van der Waals surface area contributed by atoms with Crippen LogP contribution in [0.4, 0.5) is 0 Å². The lowest BCUT2D eigenvalue weighted by atomic mass is 10.1. The van der Waals surface area contributed by atoms with Gasteiger partial charge in [0, 0.05) is 29.7 Å². The topological polar surface area (TPSA) is 48.0 Å². The van der Waals surface area contributed by atoms with Crippen LogP contribution in [0.2, 0.25) is 5.02 Å². The third-order valence-corrected chi connectivity index (χ3v) is 4.47. The van der Waals surface area contributed by atoms with Crippen molar-refractivity contribution in [3.63, 3.8) is 0 Å². The number of halogens is 1. The Kier molecular flexibility index (Phi) is 3.78. The molecule has 1 aromatic heterocycles. The number of rotatable bonds is 4. The molecule has 1 fully saturated rings. The van der Waals surface area contributed by atoms with Crippen LogP contribution in [0.15, 0.2) is 24.3 Å². The lowest BCUT2D eigenvalue weighted by Crippen LogP contribution is -2.27. The highest BCUT2D eigenvalue weighted by atomic mass is 35.5. The van der Waals surface area contributed by atoms with E-state index in [1.165, 1.54) is 0 Å². The second kappa shape index (κ2) is 5.53. The summed E-state index contributed by atoms with van der Waals surface area (Å²) in [5.74, 6) is 0.392. The fourth-order valence-electron chi connectivity index (χ4n) is 2.92. The van der Waals surface area contributed by atoms with Crippen molar-refractivity contribution in [2.45, 2.75) is 31.9 Å².